The van der Waals surface area contributed by atoms with Gasteiger partial charge in [-0.05, 0) is 30.5 Å². The van der Waals surface area contributed by atoms with Crippen LogP contribution in [0.1, 0.15) is 23.2 Å². The van der Waals surface area contributed by atoms with E-state index in [1.807, 2.05) is 41.8 Å². The second kappa shape index (κ2) is 6.58. The third-order valence-corrected chi connectivity index (χ3v) is 4.96. The number of aryl methyl sites for hydroxylation is 1. The summed E-state index contributed by atoms with van der Waals surface area (Å²) in [6, 6.07) is 13.3. The molecule has 3 aromatic heterocycles. The van der Waals surface area contributed by atoms with Crippen LogP contribution >= 0.6 is 11.3 Å². The van der Waals surface area contributed by atoms with E-state index in [2.05, 4.69) is 21.0 Å². The molecule has 4 aromatic rings. The van der Waals surface area contributed by atoms with Crippen molar-refractivity contribution in [1.82, 2.24) is 15.0 Å². The Morgan fingerprint density at radius 2 is 2.15 bits per heavy atom. The minimum atomic E-state index is -0.969. The van der Waals surface area contributed by atoms with Gasteiger partial charge in [0, 0.05) is 0 Å². The summed E-state index contributed by atoms with van der Waals surface area (Å²) in [5.41, 5.74) is 2.08. The van der Waals surface area contributed by atoms with Gasteiger partial charge in [-0.3, -0.25) is 4.79 Å². The molecule has 0 amide bonds. The van der Waals surface area contributed by atoms with Crippen molar-refractivity contribution in [2.75, 3.05) is 0 Å². The van der Waals surface area contributed by atoms with Crippen LogP contribution in [0.4, 0.5) is 0 Å². The van der Waals surface area contributed by atoms with E-state index in [0.29, 0.717) is 23.2 Å². The number of hydrogen-bond acceptors (Lipinski definition) is 6. The van der Waals surface area contributed by atoms with Gasteiger partial charge in [0.25, 0.3) is 0 Å². The molecule has 0 fully saturated rings. The molecule has 128 valence electrons. The lowest BCUT2D eigenvalue weighted by atomic mass is 10.0. The molecule has 4 rings (SSSR count). The molecule has 0 bridgehead atoms. The molecule has 0 unspecified atom stereocenters. The van der Waals surface area contributed by atoms with Crippen LogP contribution in [-0.2, 0) is 11.2 Å². The van der Waals surface area contributed by atoms with Crippen LogP contribution in [-0.4, -0.2) is 20.7 Å². The summed E-state index contributed by atoms with van der Waals surface area (Å²) in [7, 11) is 0. The molecular formula is C19H14N4O2S. The molecule has 1 atom stereocenters. The molecule has 0 aliphatic rings. The predicted molar refractivity (Wildman–Crippen MR) is 97.7 cm³/mol. The van der Waals surface area contributed by atoms with E-state index in [9.17, 15) is 10.1 Å². The third-order valence-electron chi connectivity index (χ3n) is 4.10. The summed E-state index contributed by atoms with van der Waals surface area (Å²) in [5, 5.41) is 11.4. The van der Waals surface area contributed by atoms with E-state index in [1.54, 1.807) is 6.92 Å². The summed E-state index contributed by atoms with van der Waals surface area (Å²) in [4.78, 5) is 25.5. The number of nitriles is 1. The Balaban J connectivity index is 1.59. The highest BCUT2D eigenvalue weighted by molar-refractivity contribution is 7.13. The van der Waals surface area contributed by atoms with Gasteiger partial charge < -0.3 is 9.40 Å². The Morgan fingerprint density at radius 1 is 1.31 bits per heavy atom. The van der Waals surface area contributed by atoms with E-state index in [4.69, 9.17) is 4.42 Å². The van der Waals surface area contributed by atoms with Gasteiger partial charge in [0.15, 0.2) is 11.7 Å². The highest BCUT2D eigenvalue weighted by Gasteiger charge is 2.26. The zero-order valence-electron chi connectivity index (χ0n) is 13.9. The van der Waals surface area contributed by atoms with Crippen LogP contribution in [0.5, 0.6) is 0 Å². The molecule has 1 N–H and O–H groups in total. The van der Waals surface area contributed by atoms with Gasteiger partial charge in [0.05, 0.1) is 34.1 Å². The van der Waals surface area contributed by atoms with Crippen molar-refractivity contribution in [3.05, 3.63) is 59.1 Å². The van der Waals surface area contributed by atoms with Crippen LogP contribution in [0.3, 0.4) is 0 Å². The second-order valence-electron chi connectivity index (χ2n) is 5.84. The van der Waals surface area contributed by atoms with Crippen LogP contribution in [0.15, 0.2) is 46.2 Å². The number of hydrogen-bond donors (Lipinski definition) is 1. The maximum absolute atomic E-state index is 12.7. The number of Topliss-reactive ketones (excluding diaryl/α,β-unsaturated/α-hetero) is 1. The maximum Gasteiger partial charge on any atom is 0.236 e. The fraction of sp³-hybridized carbons (Fsp3) is 0.158. The molecular weight excluding hydrogens is 348 g/mol. The molecule has 1 aromatic carbocycles. The zero-order valence-corrected chi connectivity index (χ0v) is 14.7. The number of benzene rings is 1. The van der Waals surface area contributed by atoms with Gasteiger partial charge in [0.1, 0.15) is 11.6 Å². The predicted octanol–water partition coefficient (Wildman–Crippen LogP) is 4.01. The lowest BCUT2D eigenvalue weighted by molar-refractivity contribution is -0.118. The Labute approximate surface area is 153 Å². The number of aromatic nitrogens is 3. The number of carbonyl (C=O) groups excluding carboxylic acids is 1. The van der Waals surface area contributed by atoms with Crippen molar-refractivity contribution < 1.29 is 9.21 Å². The summed E-state index contributed by atoms with van der Waals surface area (Å²) < 4.78 is 5.67. The first-order chi connectivity index (χ1) is 12.7. The number of carbonyl (C=O) groups is 1. The molecule has 0 aliphatic carbocycles. The van der Waals surface area contributed by atoms with Crippen molar-refractivity contribution in [3.8, 4) is 16.8 Å². The third kappa shape index (κ3) is 2.91. The number of aromatic amines is 1. The van der Waals surface area contributed by atoms with Crippen molar-refractivity contribution in [2.45, 2.75) is 19.3 Å². The topological polar surface area (TPSA) is 95.6 Å². The fourth-order valence-electron chi connectivity index (χ4n) is 2.76. The second-order valence-corrected chi connectivity index (χ2v) is 6.79. The number of para-hydroxylation sites is 2. The van der Waals surface area contributed by atoms with Crippen molar-refractivity contribution in [2.24, 2.45) is 0 Å². The van der Waals surface area contributed by atoms with Gasteiger partial charge in [-0.15, -0.1) is 11.3 Å². The molecule has 0 spiro atoms. The quantitative estimate of drug-likeness (QED) is 0.579. The lowest BCUT2D eigenvalue weighted by Gasteiger charge is -2.03. The molecule has 0 saturated carbocycles. The molecule has 0 saturated heterocycles. The minimum Gasteiger partial charge on any atom is -0.440 e. The summed E-state index contributed by atoms with van der Waals surface area (Å²) in [6.07, 6.45) is 0.0238. The average molecular weight is 362 g/mol. The van der Waals surface area contributed by atoms with Gasteiger partial charge in [0.2, 0.25) is 5.89 Å². The molecule has 6 nitrogen and oxygen atoms in total. The van der Waals surface area contributed by atoms with Crippen molar-refractivity contribution in [1.29, 1.82) is 5.26 Å². The van der Waals surface area contributed by atoms with Gasteiger partial charge >= 0.3 is 0 Å². The number of nitrogens with one attached hydrogen (secondary N) is 1. The highest BCUT2D eigenvalue weighted by atomic mass is 32.1. The first-order valence-corrected chi connectivity index (χ1v) is 8.91. The number of fused-ring (bicyclic) bond motifs is 1. The number of thiophene rings is 1. The molecule has 0 aliphatic heterocycles. The summed E-state index contributed by atoms with van der Waals surface area (Å²) in [5.74, 6) is 0.211. The number of nitrogens with zero attached hydrogens (tertiary/aromatic N) is 3. The normalized spacial score (nSPS) is 12.2. The number of ketones is 1. The number of oxazole rings is 1. The highest BCUT2D eigenvalue weighted by Crippen LogP contribution is 2.27. The van der Waals surface area contributed by atoms with E-state index in [1.165, 1.54) is 11.3 Å². The van der Waals surface area contributed by atoms with E-state index < -0.39 is 5.92 Å². The van der Waals surface area contributed by atoms with Crippen LogP contribution in [0.25, 0.3) is 21.8 Å². The van der Waals surface area contributed by atoms with Gasteiger partial charge in [-0.1, -0.05) is 18.2 Å². The molecule has 0 radical (unpaired) electrons. The smallest absolute Gasteiger partial charge is 0.236 e. The number of H-pyrrole nitrogens is 1. The van der Waals surface area contributed by atoms with Crippen molar-refractivity contribution >= 4 is 28.2 Å². The zero-order chi connectivity index (χ0) is 18.1. The van der Waals surface area contributed by atoms with Crippen LogP contribution in [0, 0.1) is 18.3 Å². The number of imidazole rings is 1. The van der Waals surface area contributed by atoms with Gasteiger partial charge in [-0.2, -0.15) is 5.26 Å². The van der Waals surface area contributed by atoms with Crippen molar-refractivity contribution in [3.63, 3.8) is 0 Å². The van der Waals surface area contributed by atoms with E-state index in [-0.39, 0.29) is 12.2 Å². The largest absolute Gasteiger partial charge is 0.440 e. The van der Waals surface area contributed by atoms with E-state index in [0.717, 1.165) is 15.9 Å². The monoisotopic (exact) mass is 362 g/mol. The Hall–Kier alpha value is -3.24. The van der Waals surface area contributed by atoms with Gasteiger partial charge in [-0.25, -0.2) is 9.97 Å². The van der Waals surface area contributed by atoms with E-state index >= 15 is 0 Å². The maximum atomic E-state index is 12.7. The number of rotatable bonds is 5. The summed E-state index contributed by atoms with van der Waals surface area (Å²) in [6.45, 7) is 1.77. The Kier molecular flexibility index (Phi) is 4.11. The van der Waals surface area contributed by atoms with Crippen LogP contribution in [0.2, 0.25) is 0 Å². The molecule has 7 heteroatoms. The SMILES string of the molecule is Cc1oc(-c2cccs2)nc1CC(=O)[C@H](C#N)c1nc2ccccc2[nH]1. The Bertz CT molecular complexity index is 1090. The molecule has 26 heavy (non-hydrogen) atoms. The fourth-order valence-corrected chi connectivity index (χ4v) is 3.41. The Morgan fingerprint density at radius 3 is 2.88 bits per heavy atom. The summed E-state index contributed by atoms with van der Waals surface area (Å²) >= 11 is 1.52. The first-order valence-electron chi connectivity index (χ1n) is 8.03. The van der Waals surface area contributed by atoms with Crippen LogP contribution < -0.4 is 0 Å². The molecule has 3 heterocycles. The average Bonchev–Trinajstić information content (AvgIpc) is 3.35. The minimum absolute atomic E-state index is 0.0238. The lowest BCUT2D eigenvalue weighted by Crippen LogP contribution is -2.15. The standard InChI is InChI=1S/C19H14N4O2S/c1-11-15(23-19(25-11)17-7-4-8-26-17)9-16(24)12(10-20)18-21-13-5-2-3-6-14(13)22-18/h2-8,12H,9H2,1H3,(H,21,22)/t12-/m0/s1. The first kappa shape index (κ1) is 16.2.